The Morgan fingerprint density at radius 1 is 1.56 bits per heavy atom. The first-order chi connectivity index (χ1) is 8.74. The third kappa shape index (κ3) is 4.25. The number of rotatable bonds is 4. The van der Waals surface area contributed by atoms with E-state index in [2.05, 4.69) is 15.6 Å². The summed E-state index contributed by atoms with van der Waals surface area (Å²) < 4.78 is 5.55. The number of carbonyl (C=O) groups is 1. The Hall–Kier alpha value is -1.17. The van der Waals surface area contributed by atoms with Crippen molar-refractivity contribution in [2.24, 2.45) is 0 Å². The van der Waals surface area contributed by atoms with Crippen molar-refractivity contribution in [2.75, 3.05) is 25.0 Å². The Morgan fingerprint density at radius 2 is 2.33 bits per heavy atom. The fraction of sp³-hybridized carbons (Fsp3) is 0.500. The average Bonchev–Trinajstić information content (AvgIpc) is 2.38. The normalized spacial score (nSPS) is 16.5. The Labute approximate surface area is 111 Å². The topological polar surface area (TPSA) is 63.2 Å². The van der Waals surface area contributed by atoms with Gasteiger partial charge in [0.1, 0.15) is 11.8 Å². The summed E-state index contributed by atoms with van der Waals surface area (Å²) in [6, 6.07) is 3.29. The zero-order valence-corrected chi connectivity index (χ0v) is 10.7. The fourth-order valence-corrected chi connectivity index (χ4v) is 2.01. The molecule has 1 aromatic rings. The van der Waals surface area contributed by atoms with Crippen LogP contribution in [0.2, 0.25) is 5.15 Å². The summed E-state index contributed by atoms with van der Waals surface area (Å²) in [6.45, 7) is 1.98. The third-order valence-corrected chi connectivity index (χ3v) is 2.95. The monoisotopic (exact) mass is 269 g/mol. The van der Waals surface area contributed by atoms with Gasteiger partial charge in [0.05, 0.1) is 6.10 Å². The molecular weight excluding hydrogens is 254 g/mol. The van der Waals surface area contributed by atoms with Crippen molar-refractivity contribution in [3.8, 4) is 0 Å². The Morgan fingerprint density at radius 3 is 3.06 bits per heavy atom. The number of amides is 1. The van der Waals surface area contributed by atoms with E-state index in [1.165, 1.54) is 0 Å². The first-order valence-corrected chi connectivity index (χ1v) is 6.35. The molecule has 5 nitrogen and oxygen atoms in total. The number of hydrogen-bond acceptors (Lipinski definition) is 4. The predicted molar refractivity (Wildman–Crippen MR) is 69.7 cm³/mol. The van der Waals surface area contributed by atoms with Crippen molar-refractivity contribution in [2.45, 2.75) is 18.9 Å². The lowest BCUT2D eigenvalue weighted by Crippen LogP contribution is -2.34. The minimum absolute atomic E-state index is 0.0740. The molecule has 0 radical (unpaired) electrons. The van der Waals surface area contributed by atoms with Gasteiger partial charge in [-0.1, -0.05) is 11.6 Å². The van der Waals surface area contributed by atoms with Crippen molar-refractivity contribution < 1.29 is 9.53 Å². The molecule has 0 aromatic carbocycles. The quantitative estimate of drug-likeness (QED) is 0.812. The van der Waals surface area contributed by atoms with Crippen LogP contribution in [0.15, 0.2) is 18.3 Å². The van der Waals surface area contributed by atoms with Crippen molar-refractivity contribution in [3.05, 3.63) is 23.5 Å². The lowest BCUT2D eigenvalue weighted by Gasteiger charge is -2.22. The highest BCUT2D eigenvalue weighted by atomic mass is 35.5. The molecule has 6 heteroatoms. The van der Waals surface area contributed by atoms with Crippen molar-refractivity contribution >= 4 is 23.2 Å². The number of ether oxygens (including phenoxy) is 1. The van der Waals surface area contributed by atoms with E-state index in [0.29, 0.717) is 10.8 Å². The summed E-state index contributed by atoms with van der Waals surface area (Å²) >= 11 is 5.73. The maximum atomic E-state index is 11.7. The zero-order valence-electron chi connectivity index (χ0n) is 9.99. The predicted octanol–water partition coefficient (Wildman–Crippen LogP) is 1.44. The van der Waals surface area contributed by atoms with Crippen LogP contribution in [0.25, 0.3) is 0 Å². The molecule has 0 bridgehead atoms. The number of carbonyl (C=O) groups excluding carboxylic acids is 1. The van der Waals surface area contributed by atoms with Crippen LogP contribution in [-0.2, 0) is 9.53 Å². The van der Waals surface area contributed by atoms with Gasteiger partial charge in [-0.3, -0.25) is 4.79 Å². The number of aromatic nitrogens is 1. The molecule has 0 spiro atoms. The maximum absolute atomic E-state index is 11.7. The van der Waals surface area contributed by atoms with Crippen LogP contribution in [0.4, 0.5) is 5.69 Å². The van der Waals surface area contributed by atoms with Gasteiger partial charge in [-0.2, -0.15) is 0 Å². The van der Waals surface area contributed by atoms with E-state index in [9.17, 15) is 4.79 Å². The molecule has 1 aliphatic rings. The molecule has 1 fully saturated rings. The Bertz CT molecular complexity index is 408. The van der Waals surface area contributed by atoms with E-state index >= 15 is 0 Å². The molecule has 1 saturated heterocycles. The molecule has 1 aromatic heterocycles. The molecule has 2 heterocycles. The van der Waals surface area contributed by atoms with Crippen LogP contribution >= 0.6 is 11.6 Å². The van der Waals surface area contributed by atoms with Crippen LogP contribution in [0.1, 0.15) is 12.8 Å². The summed E-state index contributed by atoms with van der Waals surface area (Å²) in [7, 11) is 0. The summed E-state index contributed by atoms with van der Waals surface area (Å²) in [6.07, 6.45) is 3.63. The molecule has 1 aliphatic heterocycles. The number of nitrogens with one attached hydrogen (secondary N) is 2. The van der Waals surface area contributed by atoms with Gasteiger partial charge in [-0.05, 0) is 38.1 Å². The molecular formula is C12H16ClN3O2. The molecule has 2 rings (SSSR count). The summed E-state index contributed by atoms with van der Waals surface area (Å²) in [4.78, 5) is 15.5. The van der Waals surface area contributed by atoms with E-state index in [0.717, 1.165) is 25.9 Å². The highest BCUT2D eigenvalue weighted by molar-refractivity contribution is 6.29. The van der Waals surface area contributed by atoms with Crippen LogP contribution in [-0.4, -0.2) is 36.7 Å². The summed E-state index contributed by atoms with van der Waals surface area (Å²) in [5, 5.41) is 6.32. The summed E-state index contributed by atoms with van der Waals surface area (Å²) in [5.41, 5.74) is 0.633. The van der Waals surface area contributed by atoms with Gasteiger partial charge in [0.15, 0.2) is 0 Å². The van der Waals surface area contributed by atoms with Gasteiger partial charge in [-0.15, -0.1) is 0 Å². The van der Waals surface area contributed by atoms with E-state index in [1.807, 2.05) is 0 Å². The van der Waals surface area contributed by atoms with Gasteiger partial charge < -0.3 is 15.4 Å². The second kappa shape index (κ2) is 6.68. The maximum Gasteiger partial charge on any atom is 0.250 e. The van der Waals surface area contributed by atoms with Crippen molar-refractivity contribution in [3.63, 3.8) is 0 Å². The number of anilines is 1. The largest absolute Gasteiger partial charge is 0.368 e. The van der Waals surface area contributed by atoms with Gasteiger partial charge in [0.25, 0.3) is 0 Å². The second-order valence-corrected chi connectivity index (χ2v) is 4.56. The highest BCUT2D eigenvalue weighted by Crippen LogP contribution is 2.12. The molecule has 1 amide bonds. The minimum atomic E-state index is -0.171. The van der Waals surface area contributed by atoms with Crippen molar-refractivity contribution in [1.82, 2.24) is 10.3 Å². The average molecular weight is 270 g/mol. The first-order valence-electron chi connectivity index (χ1n) is 5.98. The van der Waals surface area contributed by atoms with E-state index < -0.39 is 0 Å². The molecule has 98 valence electrons. The fourth-order valence-electron chi connectivity index (χ4n) is 1.83. The number of piperidine rings is 1. The zero-order chi connectivity index (χ0) is 12.8. The van der Waals surface area contributed by atoms with E-state index in [-0.39, 0.29) is 18.6 Å². The Balaban J connectivity index is 1.74. The number of halogens is 1. The van der Waals surface area contributed by atoms with Gasteiger partial charge >= 0.3 is 0 Å². The van der Waals surface area contributed by atoms with Gasteiger partial charge in [-0.25, -0.2) is 4.98 Å². The van der Waals surface area contributed by atoms with E-state index in [1.54, 1.807) is 18.3 Å². The molecule has 0 unspecified atom stereocenters. The van der Waals surface area contributed by atoms with E-state index in [4.69, 9.17) is 16.3 Å². The lowest BCUT2D eigenvalue weighted by atomic mass is 10.1. The first kappa shape index (κ1) is 13.3. The lowest BCUT2D eigenvalue weighted by molar-refractivity contribution is -0.123. The van der Waals surface area contributed by atoms with Crippen molar-refractivity contribution in [1.29, 1.82) is 0 Å². The van der Waals surface area contributed by atoms with Gasteiger partial charge in [0, 0.05) is 11.9 Å². The standard InChI is InChI=1S/C12H16ClN3O2/c13-11-7-9(1-6-15-11)16-12(17)8-18-10-2-4-14-5-3-10/h1,6-7,10,14H,2-5,8H2,(H,15,16,17). The highest BCUT2D eigenvalue weighted by Gasteiger charge is 2.14. The third-order valence-electron chi connectivity index (χ3n) is 2.75. The van der Waals surface area contributed by atoms with Crippen LogP contribution < -0.4 is 10.6 Å². The van der Waals surface area contributed by atoms with Crippen LogP contribution in [0, 0.1) is 0 Å². The molecule has 0 atom stereocenters. The Kier molecular flexibility index (Phi) is 4.92. The molecule has 0 saturated carbocycles. The second-order valence-electron chi connectivity index (χ2n) is 4.18. The molecule has 18 heavy (non-hydrogen) atoms. The smallest absolute Gasteiger partial charge is 0.250 e. The van der Waals surface area contributed by atoms with Gasteiger partial charge in [0.2, 0.25) is 5.91 Å². The number of pyridine rings is 1. The molecule has 0 aliphatic carbocycles. The summed E-state index contributed by atoms with van der Waals surface area (Å²) in [5.74, 6) is -0.171. The molecule has 2 N–H and O–H groups in total. The van der Waals surface area contributed by atoms with Crippen LogP contribution in [0.5, 0.6) is 0 Å². The number of nitrogens with zero attached hydrogens (tertiary/aromatic N) is 1. The number of hydrogen-bond donors (Lipinski definition) is 2. The SMILES string of the molecule is O=C(COC1CCNCC1)Nc1ccnc(Cl)c1. The van der Waals surface area contributed by atoms with Crippen LogP contribution in [0.3, 0.4) is 0 Å². The minimum Gasteiger partial charge on any atom is -0.368 e.